The van der Waals surface area contributed by atoms with E-state index in [1.54, 1.807) is 0 Å². The fraction of sp³-hybridized carbons (Fsp3) is 0.152. The van der Waals surface area contributed by atoms with Gasteiger partial charge in [0.1, 0.15) is 0 Å². The maximum Gasteiger partial charge on any atom is 0.00232 e. The Bertz CT molecular complexity index is 1180. The van der Waals surface area contributed by atoms with Gasteiger partial charge in [-0.05, 0) is 47.2 Å². The first-order chi connectivity index (χ1) is 15.9. The Balaban J connectivity index is 1.88. The van der Waals surface area contributed by atoms with Crippen molar-refractivity contribution in [1.82, 2.24) is 0 Å². The van der Waals surface area contributed by atoms with Crippen LogP contribution in [0.5, 0.6) is 0 Å². The first kappa shape index (κ1) is 22.6. The first-order valence-electron chi connectivity index (χ1n) is 11.6. The second-order valence-corrected chi connectivity index (χ2v) is 9.41. The highest BCUT2D eigenvalue weighted by Crippen LogP contribution is 2.35. The predicted molar refractivity (Wildman–Crippen MR) is 143 cm³/mol. The van der Waals surface area contributed by atoms with Gasteiger partial charge < -0.3 is 0 Å². The SMILES string of the molecule is Cc1cccc(C(=CC(C)(C)C=C(c2ccccc2)c2ccccc2)c2cccc(C)c2)c1. The number of allylic oxidation sites excluding steroid dienone is 2. The van der Waals surface area contributed by atoms with Crippen molar-refractivity contribution in [1.29, 1.82) is 0 Å². The Morgan fingerprint density at radius 3 is 1.24 bits per heavy atom. The van der Waals surface area contributed by atoms with Crippen molar-refractivity contribution in [3.63, 3.8) is 0 Å². The van der Waals surface area contributed by atoms with Crippen LogP contribution in [0.1, 0.15) is 47.2 Å². The van der Waals surface area contributed by atoms with Gasteiger partial charge >= 0.3 is 0 Å². The largest absolute Gasteiger partial charge is 0.0666 e. The fourth-order valence-corrected chi connectivity index (χ4v) is 4.31. The Morgan fingerprint density at radius 1 is 0.485 bits per heavy atom. The van der Waals surface area contributed by atoms with E-state index in [4.69, 9.17) is 0 Å². The third kappa shape index (κ3) is 5.79. The molecule has 0 amide bonds. The van der Waals surface area contributed by atoms with E-state index in [0.29, 0.717) is 0 Å². The third-order valence-electron chi connectivity index (χ3n) is 5.86. The molecule has 0 aliphatic heterocycles. The van der Waals surface area contributed by atoms with Crippen LogP contribution in [0.25, 0.3) is 11.1 Å². The summed E-state index contributed by atoms with van der Waals surface area (Å²) in [6.45, 7) is 8.91. The fourth-order valence-electron chi connectivity index (χ4n) is 4.31. The van der Waals surface area contributed by atoms with Crippen LogP contribution in [0, 0.1) is 19.3 Å². The Kier molecular flexibility index (Phi) is 6.75. The Hall–Kier alpha value is -3.64. The van der Waals surface area contributed by atoms with E-state index in [1.807, 2.05) is 0 Å². The molecule has 0 aliphatic rings. The minimum atomic E-state index is -0.177. The van der Waals surface area contributed by atoms with Gasteiger partial charge in [-0.2, -0.15) is 0 Å². The first-order valence-corrected chi connectivity index (χ1v) is 11.6. The molecule has 4 aromatic carbocycles. The van der Waals surface area contributed by atoms with Gasteiger partial charge in [0.15, 0.2) is 0 Å². The van der Waals surface area contributed by atoms with Gasteiger partial charge in [0.05, 0.1) is 0 Å². The summed E-state index contributed by atoms with van der Waals surface area (Å²) in [5.41, 5.74) is 9.86. The van der Waals surface area contributed by atoms with Crippen LogP contribution in [0.4, 0.5) is 0 Å². The molecule has 4 aromatic rings. The molecule has 0 fully saturated rings. The molecule has 33 heavy (non-hydrogen) atoms. The maximum atomic E-state index is 2.42. The molecule has 0 spiro atoms. The molecular weight excluding hydrogens is 396 g/mol. The van der Waals surface area contributed by atoms with Crippen LogP contribution >= 0.6 is 0 Å². The van der Waals surface area contributed by atoms with E-state index in [-0.39, 0.29) is 5.41 Å². The highest BCUT2D eigenvalue weighted by atomic mass is 14.2. The molecule has 0 N–H and O–H groups in total. The monoisotopic (exact) mass is 428 g/mol. The molecule has 4 rings (SSSR count). The van der Waals surface area contributed by atoms with Crippen LogP contribution in [-0.4, -0.2) is 0 Å². The normalized spacial score (nSPS) is 11.0. The molecule has 0 heterocycles. The molecule has 0 atom stereocenters. The number of hydrogen-bond acceptors (Lipinski definition) is 0. The molecule has 0 radical (unpaired) electrons. The molecule has 0 heteroatoms. The van der Waals surface area contributed by atoms with E-state index in [1.165, 1.54) is 44.5 Å². The molecule has 0 nitrogen and oxygen atoms in total. The van der Waals surface area contributed by atoms with E-state index in [9.17, 15) is 0 Å². The molecular formula is C33H32. The van der Waals surface area contributed by atoms with Gasteiger partial charge in [-0.15, -0.1) is 0 Å². The minimum absolute atomic E-state index is 0.177. The van der Waals surface area contributed by atoms with Crippen molar-refractivity contribution >= 4 is 11.1 Å². The average Bonchev–Trinajstić information content (AvgIpc) is 2.82. The summed E-state index contributed by atoms with van der Waals surface area (Å²) < 4.78 is 0. The second-order valence-electron chi connectivity index (χ2n) is 9.41. The number of hydrogen-bond donors (Lipinski definition) is 0. The van der Waals surface area contributed by atoms with Crippen LogP contribution in [0.15, 0.2) is 121 Å². The van der Waals surface area contributed by atoms with Gasteiger partial charge in [0.25, 0.3) is 0 Å². The average molecular weight is 429 g/mol. The Labute approximate surface area is 199 Å². The lowest BCUT2D eigenvalue weighted by Crippen LogP contribution is -2.07. The van der Waals surface area contributed by atoms with E-state index < -0.39 is 0 Å². The maximum absolute atomic E-state index is 2.42. The summed E-state index contributed by atoms with van der Waals surface area (Å²) in [5, 5.41) is 0. The summed E-state index contributed by atoms with van der Waals surface area (Å²) in [7, 11) is 0. The minimum Gasteiger partial charge on any atom is -0.0666 e. The second kappa shape index (κ2) is 9.88. The lowest BCUT2D eigenvalue weighted by molar-refractivity contribution is 0.629. The third-order valence-corrected chi connectivity index (χ3v) is 5.86. The summed E-state index contributed by atoms with van der Waals surface area (Å²) in [6, 6.07) is 39.0. The number of aryl methyl sites for hydroxylation is 2. The van der Waals surface area contributed by atoms with Crippen LogP contribution in [-0.2, 0) is 0 Å². The van der Waals surface area contributed by atoms with E-state index >= 15 is 0 Å². The topological polar surface area (TPSA) is 0 Å². The van der Waals surface area contributed by atoms with Crippen molar-refractivity contribution in [2.24, 2.45) is 5.41 Å². The van der Waals surface area contributed by atoms with Crippen molar-refractivity contribution < 1.29 is 0 Å². The Morgan fingerprint density at radius 2 is 0.848 bits per heavy atom. The van der Waals surface area contributed by atoms with Crippen molar-refractivity contribution in [2.75, 3.05) is 0 Å². The predicted octanol–water partition coefficient (Wildman–Crippen LogP) is 8.89. The lowest BCUT2D eigenvalue weighted by Gasteiger charge is -2.22. The van der Waals surface area contributed by atoms with E-state index in [2.05, 4.69) is 149 Å². The zero-order chi connectivity index (χ0) is 23.3. The highest BCUT2D eigenvalue weighted by Gasteiger charge is 2.18. The van der Waals surface area contributed by atoms with Gasteiger partial charge in [0.2, 0.25) is 0 Å². The van der Waals surface area contributed by atoms with Gasteiger partial charge in [-0.3, -0.25) is 0 Å². The van der Waals surface area contributed by atoms with Gasteiger partial charge in [-0.25, -0.2) is 0 Å². The summed E-state index contributed by atoms with van der Waals surface area (Å²) in [4.78, 5) is 0. The van der Waals surface area contributed by atoms with Crippen LogP contribution < -0.4 is 0 Å². The van der Waals surface area contributed by atoms with Gasteiger partial charge in [0, 0.05) is 5.41 Å². The van der Waals surface area contributed by atoms with Crippen molar-refractivity contribution in [3.05, 3.63) is 155 Å². The van der Waals surface area contributed by atoms with E-state index in [0.717, 1.165) is 0 Å². The summed E-state index contributed by atoms with van der Waals surface area (Å²) in [5.74, 6) is 0. The zero-order valence-corrected chi connectivity index (χ0v) is 20.0. The molecule has 164 valence electrons. The van der Waals surface area contributed by atoms with Crippen LogP contribution in [0.3, 0.4) is 0 Å². The molecule has 0 saturated carbocycles. The highest BCUT2D eigenvalue weighted by molar-refractivity contribution is 5.83. The molecule has 0 aliphatic carbocycles. The summed E-state index contributed by atoms with van der Waals surface area (Å²) >= 11 is 0. The number of rotatable bonds is 6. The molecule has 0 bridgehead atoms. The molecule has 0 unspecified atom stereocenters. The summed E-state index contributed by atoms with van der Waals surface area (Å²) in [6.07, 6.45) is 4.83. The van der Waals surface area contributed by atoms with Gasteiger partial charge in [-0.1, -0.05) is 146 Å². The lowest BCUT2D eigenvalue weighted by atomic mass is 9.82. The standard InChI is InChI=1S/C33H32/c1-25-13-11-19-29(21-25)32(30-20-12-14-26(2)22-30)24-33(3,4)23-31(27-15-7-5-8-16-27)28-17-9-6-10-18-28/h5-24H,1-4H3. The zero-order valence-electron chi connectivity index (χ0n) is 20.0. The smallest absolute Gasteiger partial charge is 0.00232 e. The van der Waals surface area contributed by atoms with Crippen LogP contribution in [0.2, 0.25) is 0 Å². The molecule has 0 aromatic heterocycles. The quantitative estimate of drug-likeness (QED) is 0.287. The number of benzene rings is 4. The molecule has 0 saturated heterocycles. The van der Waals surface area contributed by atoms with Crippen molar-refractivity contribution in [3.8, 4) is 0 Å². The van der Waals surface area contributed by atoms with Crippen molar-refractivity contribution in [2.45, 2.75) is 27.7 Å².